The molecule has 0 atom stereocenters. The second kappa shape index (κ2) is 4.49. The number of tetrazole rings is 1. The first-order valence-electron chi connectivity index (χ1n) is 6.14. The average Bonchev–Trinajstić information content (AvgIpc) is 3.00. The van der Waals surface area contributed by atoms with Crippen molar-refractivity contribution in [3.8, 4) is 0 Å². The minimum absolute atomic E-state index is 0.0622. The largest absolute Gasteiger partial charge is 0.310 e. The Bertz CT molecular complexity index is 340. The molecule has 16 heavy (non-hydrogen) atoms. The molecule has 1 aliphatic carbocycles. The van der Waals surface area contributed by atoms with Crippen LogP contribution >= 0.6 is 0 Å². The van der Waals surface area contributed by atoms with Crippen LogP contribution in [0.5, 0.6) is 0 Å². The van der Waals surface area contributed by atoms with Crippen LogP contribution in [0.15, 0.2) is 0 Å². The van der Waals surface area contributed by atoms with Crippen LogP contribution < -0.4 is 5.32 Å². The van der Waals surface area contributed by atoms with Crippen molar-refractivity contribution in [1.82, 2.24) is 25.5 Å². The highest BCUT2D eigenvalue weighted by atomic mass is 15.6. The summed E-state index contributed by atoms with van der Waals surface area (Å²) in [5.74, 6) is 1.69. The third kappa shape index (κ3) is 2.24. The molecule has 5 heteroatoms. The molecule has 1 aromatic heterocycles. The second-order valence-electron chi connectivity index (χ2n) is 5.11. The van der Waals surface area contributed by atoms with Crippen molar-refractivity contribution >= 4 is 0 Å². The smallest absolute Gasteiger partial charge is 0.165 e. The maximum atomic E-state index is 4.14. The summed E-state index contributed by atoms with van der Waals surface area (Å²) in [6, 6.07) is 0. The molecule has 1 fully saturated rings. The topological polar surface area (TPSA) is 55.6 Å². The Labute approximate surface area is 96.6 Å². The number of hydrogen-bond donors (Lipinski definition) is 1. The second-order valence-corrected chi connectivity index (χ2v) is 5.11. The molecule has 90 valence electrons. The van der Waals surface area contributed by atoms with E-state index in [2.05, 4.69) is 41.6 Å². The van der Waals surface area contributed by atoms with Crippen molar-refractivity contribution in [3.05, 3.63) is 5.82 Å². The predicted octanol–water partition coefficient (Wildman–Crippen LogP) is 1.32. The maximum Gasteiger partial charge on any atom is 0.165 e. The maximum absolute atomic E-state index is 4.14. The summed E-state index contributed by atoms with van der Waals surface area (Å²) in [5.41, 5.74) is 0.0622. The van der Waals surface area contributed by atoms with Crippen LogP contribution in [0.1, 0.15) is 45.9 Å². The monoisotopic (exact) mass is 223 g/mol. The van der Waals surface area contributed by atoms with Gasteiger partial charge in [0.05, 0.1) is 12.1 Å². The van der Waals surface area contributed by atoms with Crippen LogP contribution in [-0.2, 0) is 12.1 Å². The van der Waals surface area contributed by atoms with Crippen LogP contribution in [0, 0.1) is 5.92 Å². The molecule has 0 aliphatic heterocycles. The number of hydrogen-bond acceptors (Lipinski definition) is 4. The highest BCUT2D eigenvalue weighted by Crippen LogP contribution is 2.43. The lowest BCUT2D eigenvalue weighted by molar-refractivity contribution is 0.258. The van der Waals surface area contributed by atoms with Gasteiger partial charge in [-0.05, 0) is 56.0 Å². The van der Waals surface area contributed by atoms with E-state index in [4.69, 9.17) is 0 Å². The van der Waals surface area contributed by atoms with Gasteiger partial charge in [0.1, 0.15) is 0 Å². The Kier molecular flexibility index (Phi) is 3.23. The van der Waals surface area contributed by atoms with Crippen LogP contribution in [-0.4, -0.2) is 26.8 Å². The van der Waals surface area contributed by atoms with Gasteiger partial charge in [0.2, 0.25) is 0 Å². The van der Waals surface area contributed by atoms with E-state index in [0.29, 0.717) is 0 Å². The van der Waals surface area contributed by atoms with Crippen molar-refractivity contribution in [1.29, 1.82) is 0 Å². The summed E-state index contributed by atoms with van der Waals surface area (Å²) < 4.78 is 1.99. The van der Waals surface area contributed by atoms with Gasteiger partial charge >= 0.3 is 0 Å². The summed E-state index contributed by atoms with van der Waals surface area (Å²) in [6.07, 6.45) is 3.73. The third-order valence-electron chi connectivity index (χ3n) is 3.37. The fourth-order valence-corrected chi connectivity index (χ4v) is 2.10. The molecule has 0 saturated heterocycles. The van der Waals surface area contributed by atoms with E-state index < -0.39 is 0 Å². The van der Waals surface area contributed by atoms with Crippen LogP contribution in [0.25, 0.3) is 0 Å². The van der Waals surface area contributed by atoms with Crippen molar-refractivity contribution < 1.29 is 0 Å². The minimum Gasteiger partial charge on any atom is -0.310 e. The molecule has 1 N–H and O–H groups in total. The number of aromatic nitrogens is 4. The van der Waals surface area contributed by atoms with Gasteiger partial charge in [-0.25, -0.2) is 4.68 Å². The summed E-state index contributed by atoms with van der Waals surface area (Å²) in [4.78, 5) is 0. The molecule has 0 bridgehead atoms. The predicted molar refractivity (Wildman–Crippen MR) is 61.9 cm³/mol. The normalized spacial score (nSPS) is 16.7. The highest BCUT2D eigenvalue weighted by Gasteiger charge is 2.41. The van der Waals surface area contributed by atoms with Gasteiger partial charge in [0.25, 0.3) is 0 Å². The van der Waals surface area contributed by atoms with Crippen LogP contribution in [0.3, 0.4) is 0 Å². The number of nitrogens with one attached hydrogen (secondary N) is 1. The number of rotatable bonds is 6. The molecule has 1 saturated carbocycles. The van der Waals surface area contributed by atoms with E-state index in [1.807, 2.05) is 4.68 Å². The van der Waals surface area contributed by atoms with E-state index in [1.165, 1.54) is 12.8 Å². The lowest BCUT2D eigenvalue weighted by Crippen LogP contribution is -2.33. The quantitative estimate of drug-likeness (QED) is 0.739. The Morgan fingerprint density at radius 1 is 1.44 bits per heavy atom. The van der Waals surface area contributed by atoms with Crippen LogP contribution in [0.2, 0.25) is 0 Å². The van der Waals surface area contributed by atoms with Gasteiger partial charge in [-0.1, -0.05) is 6.92 Å². The van der Waals surface area contributed by atoms with Gasteiger partial charge < -0.3 is 5.32 Å². The molecular weight excluding hydrogens is 202 g/mol. The number of nitrogens with zero attached hydrogens (tertiary/aromatic N) is 4. The van der Waals surface area contributed by atoms with Gasteiger partial charge in [-0.2, -0.15) is 0 Å². The molecule has 0 spiro atoms. The van der Waals surface area contributed by atoms with Crippen molar-refractivity contribution in [2.75, 3.05) is 6.54 Å². The Hall–Kier alpha value is -0.970. The highest BCUT2D eigenvalue weighted by molar-refractivity contribution is 4.96. The molecule has 0 amide bonds. The molecule has 0 aromatic carbocycles. The lowest BCUT2D eigenvalue weighted by atomic mass is 9.99. The SMILES string of the molecule is CCCNCc1nnnn1C(C)(C)C1CC1. The van der Waals surface area contributed by atoms with Gasteiger partial charge in [0, 0.05) is 0 Å². The molecule has 5 nitrogen and oxygen atoms in total. The third-order valence-corrected chi connectivity index (χ3v) is 3.37. The molecule has 2 rings (SSSR count). The van der Waals surface area contributed by atoms with E-state index in [-0.39, 0.29) is 5.54 Å². The lowest BCUT2D eigenvalue weighted by Gasteiger charge is -2.25. The zero-order chi connectivity index (χ0) is 11.6. The molecule has 1 heterocycles. The van der Waals surface area contributed by atoms with Crippen molar-refractivity contribution in [2.24, 2.45) is 5.92 Å². The first kappa shape index (κ1) is 11.5. The fourth-order valence-electron chi connectivity index (χ4n) is 2.10. The summed E-state index contributed by atoms with van der Waals surface area (Å²) in [5, 5.41) is 15.4. The molecule has 0 radical (unpaired) electrons. The Balaban J connectivity index is 2.06. The summed E-state index contributed by atoms with van der Waals surface area (Å²) in [6.45, 7) is 8.38. The van der Waals surface area contributed by atoms with Crippen molar-refractivity contribution in [2.45, 2.75) is 52.1 Å². The molecular formula is C11H21N5. The molecule has 1 aromatic rings. The van der Waals surface area contributed by atoms with Gasteiger partial charge in [-0.3, -0.25) is 0 Å². The zero-order valence-corrected chi connectivity index (χ0v) is 10.4. The average molecular weight is 223 g/mol. The van der Waals surface area contributed by atoms with E-state index in [1.54, 1.807) is 0 Å². The first-order chi connectivity index (χ1) is 7.66. The summed E-state index contributed by atoms with van der Waals surface area (Å²) in [7, 11) is 0. The van der Waals surface area contributed by atoms with E-state index in [9.17, 15) is 0 Å². The first-order valence-corrected chi connectivity index (χ1v) is 6.14. The Morgan fingerprint density at radius 2 is 2.19 bits per heavy atom. The minimum atomic E-state index is 0.0622. The van der Waals surface area contributed by atoms with Crippen molar-refractivity contribution in [3.63, 3.8) is 0 Å². The molecule has 1 aliphatic rings. The van der Waals surface area contributed by atoms with Gasteiger partial charge in [0.15, 0.2) is 5.82 Å². The molecule has 0 unspecified atom stereocenters. The Morgan fingerprint density at radius 3 is 2.81 bits per heavy atom. The van der Waals surface area contributed by atoms with E-state index >= 15 is 0 Å². The standard InChI is InChI=1S/C11H21N5/c1-4-7-12-8-10-13-14-15-16(10)11(2,3)9-5-6-9/h9,12H,4-8H2,1-3H3. The van der Waals surface area contributed by atoms with Gasteiger partial charge in [-0.15, -0.1) is 5.10 Å². The fraction of sp³-hybridized carbons (Fsp3) is 0.909. The summed E-state index contributed by atoms with van der Waals surface area (Å²) >= 11 is 0. The zero-order valence-electron chi connectivity index (χ0n) is 10.4. The van der Waals surface area contributed by atoms with E-state index in [0.717, 1.165) is 31.3 Å². The van der Waals surface area contributed by atoms with Crippen LogP contribution in [0.4, 0.5) is 0 Å².